The molecule has 1 aliphatic rings. The van der Waals surface area contributed by atoms with Crippen LogP contribution in [0.25, 0.3) is 0 Å². The molecule has 1 N–H and O–H groups in total. The summed E-state index contributed by atoms with van der Waals surface area (Å²) in [4.78, 5) is 21.8. The third-order valence-electron chi connectivity index (χ3n) is 4.12. The van der Waals surface area contributed by atoms with Gasteiger partial charge in [-0.3, -0.25) is 9.69 Å². The molecular weight excluding hydrogens is 308 g/mol. The van der Waals surface area contributed by atoms with Crippen LogP contribution >= 0.6 is 11.3 Å². The topological polar surface area (TPSA) is 48.5 Å². The molecule has 0 bridgehead atoms. The van der Waals surface area contributed by atoms with Crippen LogP contribution in [0.4, 0.5) is 5.13 Å². The van der Waals surface area contributed by atoms with Crippen molar-refractivity contribution < 1.29 is 4.79 Å². The molecule has 0 aliphatic carbocycles. The van der Waals surface area contributed by atoms with Crippen molar-refractivity contribution in [1.82, 2.24) is 14.8 Å². The van der Waals surface area contributed by atoms with Crippen molar-refractivity contribution >= 4 is 22.4 Å². The van der Waals surface area contributed by atoms with Gasteiger partial charge in [-0.15, -0.1) is 11.3 Å². The van der Waals surface area contributed by atoms with Crippen molar-refractivity contribution in [2.24, 2.45) is 0 Å². The fraction of sp³-hybridized carbons (Fsp3) is 0.412. The molecule has 3 rings (SSSR count). The number of hydrogen-bond acceptors (Lipinski definition) is 5. The van der Waals surface area contributed by atoms with Crippen molar-refractivity contribution in [3.63, 3.8) is 0 Å². The van der Waals surface area contributed by atoms with Gasteiger partial charge in [-0.1, -0.05) is 30.3 Å². The van der Waals surface area contributed by atoms with Crippen LogP contribution in [-0.4, -0.2) is 53.9 Å². The monoisotopic (exact) mass is 330 g/mol. The molecule has 5 nitrogen and oxygen atoms in total. The van der Waals surface area contributed by atoms with E-state index in [0.29, 0.717) is 5.13 Å². The van der Waals surface area contributed by atoms with Gasteiger partial charge in [0.15, 0.2) is 5.13 Å². The molecule has 23 heavy (non-hydrogen) atoms. The number of thiazole rings is 1. The Balaban J connectivity index is 1.81. The molecule has 122 valence electrons. The molecule has 1 aliphatic heterocycles. The molecule has 1 atom stereocenters. The summed E-state index contributed by atoms with van der Waals surface area (Å²) in [6.45, 7) is 5.67. The predicted molar refractivity (Wildman–Crippen MR) is 93.7 cm³/mol. The van der Waals surface area contributed by atoms with Crippen molar-refractivity contribution in [1.29, 1.82) is 0 Å². The summed E-state index contributed by atoms with van der Waals surface area (Å²) in [7, 11) is 2.12. The minimum absolute atomic E-state index is 0.00453. The molecule has 1 fully saturated rings. The summed E-state index contributed by atoms with van der Waals surface area (Å²) in [5.41, 5.74) is 1.96. The first-order valence-electron chi connectivity index (χ1n) is 7.84. The highest BCUT2D eigenvalue weighted by molar-refractivity contribution is 7.13. The maximum atomic E-state index is 12.9. The molecule has 0 radical (unpaired) electrons. The largest absolute Gasteiger partial charge is 0.304 e. The van der Waals surface area contributed by atoms with Crippen LogP contribution in [0.5, 0.6) is 0 Å². The molecular formula is C17H22N4OS. The number of aromatic nitrogens is 1. The van der Waals surface area contributed by atoms with E-state index >= 15 is 0 Å². The van der Waals surface area contributed by atoms with E-state index in [0.717, 1.165) is 37.4 Å². The summed E-state index contributed by atoms with van der Waals surface area (Å²) < 4.78 is 0. The first-order valence-corrected chi connectivity index (χ1v) is 8.72. The first kappa shape index (κ1) is 16.1. The number of aryl methyl sites for hydroxylation is 1. The summed E-state index contributed by atoms with van der Waals surface area (Å²) in [5.74, 6) is -0.00453. The second-order valence-corrected chi connectivity index (χ2v) is 6.79. The van der Waals surface area contributed by atoms with Gasteiger partial charge in [0.05, 0.1) is 5.69 Å². The number of benzene rings is 1. The quantitative estimate of drug-likeness (QED) is 0.935. The van der Waals surface area contributed by atoms with Crippen molar-refractivity contribution in [2.75, 3.05) is 38.5 Å². The number of amides is 1. The van der Waals surface area contributed by atoms with Crippen molar-refractivity contribution in [2.45, 2.75) is 13.0 Å². The number of nitrogens with zero attached hydrogens (tertiary/aromatic N) is 3. The zero-order valence-electron chi connectivity index (χ0n) is 13.5. The number of carbonyl (C=O) groups excluding carboxylic acids is 1. The van der Waals surface area contributed by atoms with E-state index in [-0.39, 0.29) is 11.9 Å². The lowest BCUT2D eigenvalue weighted by molar-refractivity contribution is -0.122. The standard InChI is InChI=1S/C17H22N4OS/c1-13-12-23-17(18-13)19-16(22)15(14-6-4-3-5-7-14)21-10-8-20(2)9-11-21/h3-7,12,15H,8-11H2,1-2H3,(H,18,19,22). The highest BCUT2D eigenvalue weighted by Crippen LogP contribution is 2.25. The Morgan fingerprint density at radius 3 is 2.52 bits per heavy atom. The summed E-state index contributed by atoms with van der Waals surface area (Å²) >= 11 is 1.47. The molecule has 2 heterocycles. The van der Waals surface area contributed by atoms with E-state index in [4.69, 9.17) is 0 Å². The van der Waals surface area contributed by atoms with Gasteiger partial charge in [0.25, 0.3) is 0 Å². The predicted octanol–water partition coefficient (Wildman–Crippen LogP) is 2.38. The highest BCUT2D eigenvalue weighted by atomic mass is 32.1. The van der Waals surface area contributed by atoms with Crippen molar-refractivity contribution in [3.8, 4) is 0 Å². The van der Waals surface area contributed by atoms with E-state index in [1.807, 2.05) is 42.6 Å². The van der Waals surface area contributed by atoms with Gasteiger partial charge in [-0.25, -0.2) is 4.98 Å². The molecule has 0 saturated carbocycles. The van der Waals surface area contributed by atoms with E-state index < -0.39 is 0 Å². The minimum Gasteiger partial charge on any atom is -0.304 e. The van der Waals surface area contributed by atoms with Gasteiger partial charge in [0.1, 0.15) is 6.04 Å². The number of rotatable bonds is 4. The fourth-order valence-corrected chi connectivity index (χ4v) is 3.52. The first-order chi connectivity index (χ1) is 11.1. The normalized spacial score (nSPS) is 17.8. The van der Waals surface area contributed by atoms with Gasteiger partial charge in [0.2, 0.25) is 5.91 Å². The Morgan fingerprint density at radius 1 is 1.22 bits per heavy atom. The number of likely N-dealkylation sites (N-methyl/N-ethyl adjacent to an activating group) is 1. The second-order valence-electron chi connectivity index (χ2n) is 5.94. The van der Waals surface area contributed by atoms with Gasteiger partial charge >= 0.3 is 0 Å². The maximum Gasteiger partial charge on any atom is 0.248 e. The molecule has 1 aromatic carbocycles. The van der Waals surface area contributed by atoms with E-state index in [1.54, 1.807) is 0 Å². The second kappa shape index (κ2) is 7.21. The lowest BCUT2D eigenvalue weighted by atomic mass is 10.0. The Morgan fingerprint density at radius 2 is 1.91 bits per heavy atom. The smallest absolute Gasteiger partial charge is 0.248 e. The lowest BCUT2D eigenvalue weighted by Crippen LogP contribution is -2.48. The Hall–Kier alpha value is -1.76. The van der Waals surface area contributed by atoms with E-state index in [2.05, 4.69) is 27.1 Å². The van der Waals surface area contributed by atoms with Crippen LogP contribution in [-0.2, 0) is 4.79 Å². The molecule has 1 aromatic heterocycles. The van der Waals surface area contributed by atoms with E-state index in [9.17, 15) is 4.79 Å². The number of anilines is 1. The number of piperazine rings is 1. The molecule has 1 unspecified atom stereocenters. The third-order valence-corrected chi connectivity index (χ3v) is 4.99. The van der Waals surface area contributed by atoms with Gasteiger partial charge in [-0.2, -0.15) is 0 Å². The zero-order valence-corrected chi connectivity index (χ0v) is 14.3. The van der Waals surface area contributed by atoms with Crippen LogP contribution in [0, 0.1) is 6.92 Å². The number of nitrogens with one attached hydrogen (secondary N) is 1. The SMILES string of the molecule is Cc1csc(NC(=O)C(c2ccccc2)N2CCN(C)CC2)n1. The van der Waals surface area contributed by atoms with Crippen LogP contribution in [0.15, 0.2) is 35.7 Å². The Kier molecular flexibility index (Phi) is 5.05. The molecule has 1 amide bonds. The van der Waals surface area contributed by atoms with E-state index in [1.165, 1.54) is 11.3 Å². The Bertz CT molecular complexity index is 650. The van der Waals surface area contributed by atoms with Crippen LogP contribution in [0.1, 0.15) is 17.3 Å². The fourth-order valence-electron chi connectivity index (χ4n) is 2.83. The molecule has 2 aromatic rings. The molecule has 6 heteroatoms. The van der Waals surface area contributed by atoms with Crippen LogP contribution in [0.2, 0.25) is 0 Å². The lowest BCUT2D eigenvalue weighted by Gasteiger charge is -2.37. The van der Waals surface area contributed by atoms with Crippen LogP contribution in [0.3, 0.4) is 0 Å². The minimum atomic E-state index is -0.269. The number of hydrogen-bond donors (Lipinski definition) is 1. The molecule has 1 saturated heterocycles. The van der Waals surface area contributed by atoms with Gasteiger partial charge < -0.3 is 10.2 Å². The molecule has 0 spiro atoms. The zero-order chi connectivity index (χ0) is 16.2. The average molecular weight is 330 g/mol. The summed E-state index contributed by atoms with van der Waals surface area (Å²) in [6.07, 6.45) is 0. The maximum absolute atomic E-state index is 12.9. The van der Waals surface area contributed by atoms with Gasteiger partial charge in [-0.05, 0) is 19.5 Å². The number of carbonyl (C=O) groups is 1. The van der Waals surface area contributed by atoms with Crippen molar-refractivity contribution in [3.05, 3.63) is 47.0 Å². The van der Waals surface area contributed by atoms with Crippen LogP contribution < -0.4 is 5.32 Å². The Labute approximate surface area is 140 Å². The summed E-state index contributed by atoms with van der Waals surface area (Å²) in [6, 6.07) is 9.73. The summed E-state index contributed by atoms with van der Waals surface area (Å²) in [5, 5.41) is 5.60. The average Bonchev–Trinajstić information content (AvgIpc) is 2.95. The van der Waals surface area contributed by atoms with Gasteiger partial charge in [0, 0.05) is 31.6 Å². The highest BCUT2D eigenvalue weighted by Gasteiger charge is 2.30. The third kappa shape index (κ3) is 3.96.